The zero-order chi connectivity index (χ0) is 16.4. The van der Waals surface area contributed by atoms with Crippen molar-refractivity contribution in [3.05, 3.63) is 36.5 Å². The molecule has 3 heterocycles. The minimum atomic E-state index is 0.0149. The monoisotopic (exact) mass is 327 g/mol. The molecule has 4 rings (SSSR count). The fraction of sp³-hybridized carbons (Fsp3) is 0.529. The van der Waals surface area contributed by atoms with Crippen molar-refractivity contribution in [2.24, 2.45) is 5.92 Å². The van der Waals surface area contributed by atoms with Crippen LogP contribution in [0.25, 0.3) is 0 Å². The molecule has 0 spiro atoms. The second-order valence-electron chi connectivity index (χ2n) is 6.56. The third-order valence-electron chi connectivity index (χ3n) is 4.64. The lowest BCUT2D eigenvalue weighted by molar-refractivity contribution is 0.0672. The van der Waals surface area contributed by atoms with Crippen LogP contribution in [0.1, 0.15) is 42.1 Å². The SMILES string of the molecule is O=C(c1ccc(OCC2CC2)nc1)N1CCC[C@@H](n2cncn2)C1. The molecule has 1 atom stereocenters. The number of rotatable bonds is 5. The Labute approximate surface area is 140 Å². The van der Waals surface area contributed by atoms with E-state index in [1.54, 1.807) is 24.7 Å². The summed E-state index contributed by atoms with van der Waals surface area (Å²) in [6, 6.07) is 3.78. The minimum absolute atomic E-state index is 0.0149. The van der Waals surface area contributed by atoms with Gasteiger partial charge in [0, 0.05) is 25.4 Å². The maximum Gasteiger partial charge on any atom is 0.255 e. The Morgan fingerprint density at radius 2 is 2.21 bits per heavy atom. The van der Waals surface area contributed by atoms with Gasteiger partial charge in [-0.15, -0.1) is 0 Å². The van der Waals surface area contributed by atoms with Crippen molar-refractivity contribution in [1.82, 2.24) is 24.6 Å². The van der Waals surface area contributed by atoms with Crippen LogP contribution in [0.5, 0.6) is 5.88 Å². The van der Waals surface area contributed by atoms with Crippen molar-refractivity contribution in [3.8, 4) is 5.88 Å². The Kier molecular flexibility index (Phi) is 4.15. The van der Waals surface area contributed by atoms with Crippen LogP contribution >= 0.6 is 0 Å². The Morgan fingerprint density at radius 3 is 2.92 bits per heavy atom. The molecule has 2 aliphatic rings. The van der Waals surface area contributed by atoms with E-state index in [1.165, 1.54) is 19.2 Å². The summed E-state index contributed by atoms with van der Waals surface area (Å²) in [5, 5.41) is 4.20. The van der Waals surface area contributed by atoms with Crippen LogP contribution in [0.4, 0.5) is 0 Å². The smallest absolute Gasteiger partial charge is 0.255 e. The first-order valence-corrected chi connectivity index (χ1v) is 8.52. The highest BCUT2D eigenvalue weighted by atomic mass is 16.5. The van der Waals surface area contributed by atoms with Gasteiger partial charge < -0.3 is 9.64 Å². The molecule has 2 aromatic heterocycles. The third kappa shape index (κ3) is 3.39. The number of hydrogen-bond acceptors (Lipinski definition) is 5. The van der Waals surface area contributed by atoms with Gasteiger partial charge in [0.05, 0.1) is 18.2 Å². The van der Waals surface area contributed by atoms with Gasteiger partial charge in [-0.1, -0.05) is 0 Å². The number of likely N-dealkylation sites (tertiary alicyclic amines) is 1. The molecule has 0 aromatic carbocycles. The molecule has 7 nitrogen and oxygen atoms in total. The van der Waals surface area contributed by atoms with E-state index in [9.17, 15) is 4.79 Å². The van der Waals surface area contributed by atoms with Crippen LogP contribution in [-0.2, 0) is 0 Å². The van der Waals surface area contributed by atoms with Gasteiger partial charge in [-0.2, -0.15) is 5.10 Å². The molecular formula is C17H21N5O2. The van der Waals surface area contributed by atoms with Gasteiger partial charge in [-0.25, -0.2) is 14.6 Å². The lowest BCUT2D eigenvalue weighted by Gasteiger charge is -2.32. The van der Waals surface area contributed by atoms with Crippen LogP contribution < -0.4 is 4.74 Å². The minimum Gasteiger partial charge on any atom is -0.477 e. The van der Waals surface area contributed by atoms with Crippen molar-refractivity contribution in [1.29, 1.82) is 0 Å². The molecule has 1 amide bonds. The van der Waals surface area contributed by atoms with Gasteiger partial charge in [0.2, 0.25) is 5.88 Å². The van der Waals surface area contributed by atoms with Gasteiger partial charge in [-0.05, 0) is 37.7 Å². The van der Waals surface area contributed by atoms with Crippen molar-refractivity contribution >= 4 is 5.91 Å². The molecule has 1 saturated heterocycles. The molecule has 7 heteroatoms. The number of carbonyl (C=O) groups excluding carboxylic acids is 1. The molecule has 2 fully saturated rings. The fourth-order valence-corrected chi connectivity index (χ4v) is 3.02. The Bertz CT molecular complexity index is 682. The third-order valence-corrected chi connectivity index (χ3v) is 4.64. The number of nitrogens with zero attached hydrogens (tertiary/aromatic N) is 5. The molecule has 1 aliphatic heterocycles. The second kappa shape index (κ2) is 6.59. The van der Waals surface area contributed by atoms with E-state index in [4.69, 9.17) is 4.74 Å². The van der Waals surface area contributed by atoms with Crippen molar-refractivity contribution < 1.29 is 9.53 Å². The van der Waals surface area contributed by atoms with Crippen LogP contribution in [0, 0.1) is 5.92 Å². The number of aromatic nitrogens is 4. The molecule has 0 bridgehead atoms. The highest BCUT2D eigenvalue weighted by Gasteiger charge is 2.26. The molecule has 0 N–H and O–H groups in total. The summed E-state index contributed by atoms with van der Waals surface area (Å²) in [5.41, 5.74) is 0.605. The lowest BCUT2D eigenvalue weighted by Crippen LogP contribution is -2.40. The number of carbonyl (C=O) groups is 1. The standard InChI is InChI=1S/C17H21N5O2/c23-17(14-5-6-16(19-8-14)24-10-13-3-4-13)21-7-1-2-15(9-21)22-12-18-11-20-22/h5-6,8,11-13,15H,1-4,7,9-10H2/t15-/m1/s1. The van der Waals surface area contributed by atoms with Gasteiger partial charge >= 0.3 is 0 Å². The molecular weight excluding hydrogens is 306 g/mol. The summed E-state index contributed by atoms with van der Waals surface area (Å²) in [5.74, 6) is 1.30. The largest absolute Gasteiger partial charge is 0.477 e. The first kappa shape index (κ1) is 15.1. The molecule has 0 radical (unpaired) electrons. The number of ether oxygens (including phenoxy) is 1. The number of pyridine rings is 1. The van der Waals surface area contributed by atoms with E-state index in [1.807, 2.05) is 9.58 Å². The second-order valence-corrected chi connectivity index (χ2v) is 6.56. The number of amides is 1. The molecule has 24 heavy (non-hydrogen) atoms. The molecule has 1 saturated carbocycles. The summed E-state index contributed by atoms with van der Waals surface area (Å²) in [6.07, 6.45) is 9.34. The van der Waals surface area contributed by atoms with Crippen LogP contribution in [0.15, 0.2) is 31.0 Å². The highest BCUT2D eigenvalue weighted by molar-refractivity contribution is 5.94. The molecule has 126 valence electrons. The van der Waals surface area contributed by atoms with Gasteiger partial charge in [-0.3, -0.25) is 4.79 Å². The predicted molar refractivity (Wildman–Crippen MR) is 86.7 cm³/mol. The van der Waals surface area contributed by atoms with E-state index in [-0.39, 0.29) is 11.9 Å². The number of hydrogen-bond donors (Lipinski definition) is 0. The van der Waals surface area contributed by atoms with E-state index >= 15 is 0 Å². The topological polar surface area (TPSA) is 73.1 Å². The average molecular weight is 327 g/mol. The maximum atomic E-state index is 12.7. The summed E-state index contributed by atoms with van der Waals surface area (Å²) in [4.78, 5) is 22.8. The average Bonchev–Trinajstić information content (AvgIpc) is 3.30. The van der Waals surface area contributed by atoms with E-state index < -0.39 is 0 Å². The zero-order valence-corrected chi connectivity index (χ0v) is 13.5. The molecule has 1 aliphatic carbocycles. The van der Waals surface area contributed by atoms with Crippen molar-refractivity contribution in [2.45, 2.75) is 31.7 Å². The number of piperidine rings is 1. The van der Waals surface area contributed by atoms with E-state index in [0.717, 1.165) is 26.0 Å². The highest BCUT2D eigenvalue weighted by Crippen LogP contribution is 2.29. The van der Waals surface area contributed by atoms with E-state index in [2.05, 4.69) is 15.1 Å². The van der Waals surface area contributed by atoms with Crippen molar-refractivity contribution in [3.63, 3.8) is 0 Å². The summed E-state index contributed by atoms with van der Waals surface area (Å²) in [7, 11) is 0. The van der Waals surface area contributed by atoms with Crippen LogP contribution in [0.2, 0.25) is 0 Å². The predicted octanol–water partition coefficient (Wildman–Crippen LogP) is 1.94. The van der Waals surface area contributed by atoms with Gasteiger partial charge in [0.1, 0.15) is 12.7 Å². The Morgan fingerprint density at radius 1 is 1.29 bits per heavy atom. The fourth-order valence-electron chi connectivity index (χ4n) is 3.02. The first-order chi connectivity index (χ1) is 11.8. The Balaban J connectivity index is 1.38. The zero-order valence-electron chi connectivity index (χ0n) is 13.5. The lowest BCUT2D eigenvalue weighted by atomic mass is 10.1. The van der Waals surface area contributed by atoms with Crippen LogP contribution in [-0.4, -0.2) is 50.3 Å². The summed E-state index contributed by atoms with van der Waals surface area (Å²) < 4.78 is 7.46. The van der Waals surface area contributed by atoms with E-state index in [0.29, 0.717) is 23.9 Å². The first-order valence-electron chi connectivity index (χ1n) is 8.52. The van der Waals surface area contributed by atoms with Crippen molar-refractivity contribution in [2.75, 3.05) is 19.7 Å². The normalized spacial score (nSPS) is 20.8. The maximum absolute atomic E-state index is 12.7. The van der Waals surface area contributed by atoms with Gasteiger partial charge in [0.25, 0.3) is 5.91 Å². The summed E-state index contributed by atoms with van der Waals surface area (Å²) in [6.45, 7) is 2.15. The van der Waals surface area contributed by atoms with Gasteiger partial charge in [0.15, 0.2) is 0 Å². The quantitative estimate of drug-likeness (QED) is 0.839. The Hall–Kier alpha value is -2.44. The summed E-state index contributed by atoms with van der Waals surface area (Å²) >= 11 is 0. The van der Waals surface area contributed by atoms with Crippen LogP contribution in [0.3, 0.4) is 0 Å². The molecule has 0 unspecified atom stereocenters. The molecule has 2 aromatic rings.